The van der Waals surface area contributed by atoms with Gasteiger partial charge in [-0.25, -0.2) is 0 Å². The summed E-state index contributed by atoms with van der Waals surface area (Å²) in [7, 11) is 0. The predicted molar refractivity (Wildman–Crippen MR) is 45.7 cm³/mol. The van der Waals surface area contributed by atoms with Crippen LogP contribution >= 0.6 is 0 Å². The highest BCUT2D eigenvalue weighted by Gasteiger charge is 2.23. The molecule has 0 aromatic heterocycles. The average molecular weight is 194 g/mol. The van der Waals surface area contributed by atoms with Gasteiger partial charge in [-0.2, -0.15) is 20.4 Å². The Morgan fingerprint density at radius 1 is 1.00 bits per heavy atom. The molecule has 0 aromatic carbocycles. The van der Waals surface area contributed by atoms with E-state index in [0.29, 0.717) is 0 Å². The molecule has 8 heteroatoms. The fourth-order valence-electron chi connectivity index (χ4n) is 0.910. The summed E-state index contributed by atoms with van der Waals surface area (Å²) in [5.74, 6) is -0.583. The van der Waals surface area contributed by atoms with E-state index in [1.807, 2.05) is 0 Å². The van der Waals surface area contributed by atoms with Crippen molar-refractivity contribution in [2.45, 2.75) is 12.3 Å². The Hall–Kier alpha value is -2.12. The van der Waals surface area contributed by atoms with Gasteiger partial charge in [0.1, 0.15) is 0 Å². The van der Waals surface area contributed by atoms with E-state index < -0.39 is 12.3 Å². The minimum Gasteiger partial charge on any atom is -0.288 e. The van der Waals surface area contributed by atoms with Gasteiger partial charge in [0.25, 0.3) is 0 Å². The lowest BCUT2D eigenvalue weighted by Gasteiger charge is -2.02. The summed E-state index contributed by atoms with van der Waals surface area (Å²) in [4.78, 5) is 21.9. The molecule has 2 rings (SSSR count). The lowest BCUT2D eigenvalue weighted by atomic mass is 10.4. The number of hydrogen-bond donors (Lipinski definition) is 2. The molecule has 2 atom stereocenters. The fraction of sp³-hybridized carbons (Fsp3) is 0.333. The monoisotopic (exact) mass is 194 g/mol. The first-order valence-electron chi connectivity index (χ1n) is 3.82. The van der Waals surface area contributed by atoms with E-state index in [9.17, 15) is 9.59 Å². The number of azo groups is 1. The molecule has 0 amide bonds. The van der Waals surface area contributed by atoms with Crippen LogP contribution in [0.4, 0.5) is 0 Å². The lowest BCUT2D eigenvalue weighted by Crippen LogP contribution is -2.28. The van der Waals surface area contributed by atoms with Gasteiger partial charge in [-0.1, -0.05) is 0 Å². The Balaban J connectivity index is 1.94. The van der Waals surface area contributed by atoms with Gasteiger partial charge in [0.05, 0.1) is 12.4 Å². The molecule has 2 heterocycles. The summed E-state index contributed by atoms with van der Waals surface area (Å²) in [6.07, 6.45) is 0.601. The van der Waals surface area contributed by atoms with Gasteiger partial charge in [0.2, 0.25) is 23.9 Å². The van der Waals surface area contributed by atoms with Crippen LogP contribution < -0.4 is 10.9 Å². The topological polar surface area (TPSA) is 108 Å². The normalized spacial score (nSPS) is 30.0. The summed E-state index contributed by atoms with van der Waals surface area (Å²) in [6, 6.07) is 0. The van der Waals surface area contributed by atoms with Crippen molar-refractivity contribution in [2.75, 3.05) is 0 Å². The Labute approximate surface area is 78.2 Å². The van der Waals surface area contributed by atoms with E-state index in [0.717, 1.165) is 12.4 Å². The van der Waals surface area contributed by atoms with Gasteiger partial charge in [0, 0.05) is 0 Å². The van der Waals surface area contributed by atoms with Gasteiger partial charge < -0.3 is 0 Å². The molecule has 0 spiro atoms. The molecule has 8 nitrogen and oxygen atoms in total. The number of carbonyl (C=O) groups excluding carboxylic acids is 2. The standard InChI is InChI=1S/C6H6N6O2/c13-3-1-7-9-5(3)11-12-6-4(14)2-8-10-6/h1-2,5-6,9-10H. The molecule has 14 heavy (non-hydrogen) atoms. The largest absolute Gasteiger partial charge is 0.288 e. The van der Waals surface area contributed by atoms with Crippen LogP contribution in [0.3, 0.4) is 0 Å². The van der Waals surface area contributed by atoms with Crippen LogP contribution in [0.25, 0.3) is 0 Å². The van der Waals surface area contributed by atoms with E-state index in [4.69, 9.17) is 0 Å². The molecule has 0 saturated carbocycles. The van der Waals surface area contributed by atoms with Crippen molar-refractivity contribution >= 4 is 24.0 Å². The summed E-state index contributed by atoms with van der Waals surface area (Å²) < 4.78 is 0. The first-order chi connectivity index (χ1) is 6.77. The van der Waals surface area contributed by atoms with Crippen molar-refractivity contribution in [3.8, 4) is 0 Å². The third kappa shape index (κ3) is 1.49. The van der Waals surface area contributed by atoms with E-state index in [1.54, 1.807) is 0 Å². The van der Waals surface area contributed by atoms with Gasteiger partial charge >= 0.3 is 0 Å². The third-order valence-electron chi connectivity index (χ3n) is 1.61. The van der Waals surface area contributed by atoms with E-state index in [1.165, 1.54) is 0 Å². The molecule has 0 saturated heterocycles. The lowest BCUT2D eigenvalue weighted by molar-refractivity contribution is -0.115. The van der Waals surface area contributed by atoms with E-state index >= 15 is 0 Å². The minimum absolute atomic E-state index is 0.292. The van der Waals surface area contributed by atoms with Crippen LogP contribution in [0, 0.1) is 0 Å². The SMILES string of the molecule is O=C1C=NNC1N=NC1NN=CC1=O. The zero-order valence-corrected chi connectivity index (χ0v) is 6.91. The molecule has 2 N–H and O–H groups in total. The molecule has 0 aliphatic carbocycles. The van der Waals surface area contributed by atoms with Crippen LogP contribution in [0.2, 0.25) is 0 Å². The molecule has 2 unspecified atom stereocenters. The Kier molecular flexibility index (Phi) is 2.01. The van der Waals surface area contributed by atoms with E-state index in [-0.39, 0.29) is 11.6 Å². The van der Waals surface area contributed by atoms with Crippen molar-refractivity contribution in [1.29, 1.82) is 0 Å². The first-order valence-corrected chi connectivity index (χ1v) is 3.82. The smallest absolute Gasteiger partial charge is 0.223 e. The summed E-state index contributed by atoms with van der Waals surface area (Å²) in [5, 5.41) is 14.2. The number of ketones is 2. The molecular formula is C6H6N6O2. The molecule has 0 aromatic rings. The molecule has 0 radical (unpaired) electrons. The number of nitrogens with zero attached hydrogens (tertiary/aromatic N) is 4. The quantitative estimate of drug-likeness (QED) is 0.516. The second-order valence-electron chi connectivity index (χ2n) is 2.62. The molecule has 2 aliphatic heterocycles. The molecule has 0 fully saturated rings. The predicted octanol–water partition coefficient (Wildman–Crippen LogP) is -1.59. The number of hydrogen-bond acceptors (Lipinski definition) is 8. The summed E-state index contributed by atoms with van der Waals surface area (Å²) in [5.41, 5.74) is 4.85. The zero-order valence-electron chi connectivity index (χ0n) is 6.91. The third-order valence-corrected chi connectivity index (χ3v) is 1.61. The highest BCUT2D eigenvalue weighted by atomic mass is 16.1. The van der Waals surface area contributed by atoms with Crippen LogP contribution in [-0.4, -0.2) is 36.3 Å². The molecule has 2 aliphatic rings. The Morgan fingerprint density at radius 3 is 1.71 bits per heavy atom. The second-order valence-corrected chi connectivity index (χ2v) is 2.62. The Morgan fingerprint density at radius 2 is 1.43 bits per heavy atom. The van der Waals surface area contributed by atoms with Crippen LogP contribution in [-0.2, 0) is 9.59 Å². The summed E-state index contributed by atoms with van der Waals surface area (Å²) in [6.45, 7) is 0. The maximum Gasteiger partial charge on any atom is 0.223 e. The van der Waals surface area contributed by atoms with Gasteiger partial charge in [-0.3, -0.25) is 20.4 Å². The second kappa shape index (κ2) is 3.32. The fourth-order valence-corrected chi connectivity index (χ4v) is 0.910. The van der Waals surface area contributed by atoms with Crippen LogP contribution in [0.1, 0.15) is 0 Å². The highest BCUT2D eigenvalue weighted by molar-refractivity contribution is 6.31. The first kappa shape index (κ1) is 8.48. The van der Waals surface area contributed by atoms with E-state index in [2.05, 4.69) is 31.3 Å². The minimum atomic E-state index is -0.815. The maximum absolute atomic E-state index is 11.0. The van der Waals surface area contributed by atoms with Crippen molar-refractivity contribution < 1.29 is 9.59 Å². The molecule has 0 bridgehead atoms. The highest BCUT2D eigenvalue weighted by Crippen LogP contribution is 2.00. The van der Waals surface area contributed by atoms with Gasteiger partial charge in [0.15, 0.2) is 0 Å². The zero-order chi connectivity index (χ0) is 9.97. The number of nitrogens with one attached hydrogen (secondary N) is 2. The van der Waals surface area contributed by atoms with Crippen molar-refractivity contribution in [1.82, 2.24) is 10.9 Å². The van der Waals surface area contributed by atoms with Crippen molar-refractivity contribution in [2.24, 2.45) is 20.4 Å². The summed E-state index contributed by atoms with van der Waals surface area (Å²) >= 11 is 0. The van der Waals surface area contributed by atoms with Crippen molar-refractivity contribution in [3.05, 3.63) is 0 Å². The van der Waals surface area contributed by atoms with Gasteiger partial charge in [-0.15, -0.1) is 0 Å². The number of hydrazone groups is 2. The molecule has 72 valence electrons. The van der Waals surface area contributed by atoms with Crippen molar-refractivity contribution in [3.63, 3.8) is 0 Å². The number of Topliss-reactive ketones (excluding diaryl/α,β-unsaturated/α-hetero) is 2. The van der Waals surface area contributed by atoms with Crippen LogP contribution in [0.15, 0.2) is 20.4 Å². The van der Waals surface area contributed by atoms with Crippen LogP contribution in [0.5, 0.6) is 0 Å². The average Bonchev–Trinajstić information content (AvgIpc) is 2.72. The Bertz CT molecular complexity index is 325. The number of rotatable bonds is 2. The molecular weight excluding hydrogens is 188 g/mol. The number of carbonyl (C=O) groups is 2. The maximum atomic E-state index is 11.0. The van der Waals surface area contributed by atoms with Gasteiger partial charge in [-0.05, 0) is 0 Å².